The van der Waals surface area contributed by atoms with Gasteiger partial charge < -0.3 is 21.2 Å². The molecule has 0 bridgehead atoms. The number of nitrogens with one attached hydrogen (secondary N) is 1. The highest BCUT2D eigenvalue weighted by atomic mass is 16.4. The molecule has 0 radical (unpaired) electrons. The Balaban J connectivity index is 1.99. The fourth-order valence-corrected chi connectivity index (χ4v) is 3.54. The third-order valence-corrected chi connectivity index (χ3v) is 4.59. The Hall–Kier alpha value is -1.79. The molecule has 2 aliphatic rings. The Morgan fingerprint density at radius 2 is 1.90 bits per heavy atom. The number of nitrogens with two attached hydrogens (primary N) is 1. The first-order valence-electron chi connectivity index (χ1n) is 7.43. The van der Waals surface area contributed by atoms with Crippen LogP contribution in [0.2, 0.25) is 0 Å². The minimum Gasteiger partial charge on any atom is -0.409 e. The summed E-state index contributed by atoms with van der Waals surface area (Å²) in [6.07, 6.45) is 2.75. The van der Waals surface area contributed by atoms with Gasteiger partial charge in [-0.15, -0.1) is 0 Å². The van der Waals surface area contributed by atoms with Crippen LogP contribution in [0.5, 0.6) is 0 Å². The SMILES string of the molecule is CC(=O)NC1CCN(C(=O)C2(C(N)=NO)CC(C)C2)CC1. The van der Waals surface area contributed by atoms with Crippen molar-refractivity contribution < 1.29 is 14.8 Å². The quantitative estimate of drug-likeness (QED) is 0.301. The van der Waals surface area contributed by atoms with Gasteiger partial charge >= 0.3 is 0 Å². The average Bonchev–Trinajstić information content (AvgIpc) is 2.42. The molecule has 1 aliphatic carbocycles. The van der Waals surface area contributed by atoms with Gasteiger partial charge in [-0.25, -0.2) is 0 Å². The maximum atomic E-state index is 12.7. The molecule has 0 unspecified atom stereocenters. The van der Waals surface area contributed by atoms with Gasteiger partial charge in [0.05, 0.1) is 0 Å². The molecule has 0 aromatic carbocycles. The van der Waals surface area contributed by atoms with Gasteiger partial charge in [-0.2, -0.15) is 0 Å². The summed E-state index contributed by atoms with van der Waals surface area (Å²) in [4.78, 5) is 25.6. The molecule has 1 heterocycles. The van der Waals surface area contributed by atoms with E-state index in [0.29, 0.717) is 31.8 Å². The maximum Gasteiger partial charge on any atom is 0.236 e. The third kappa shape index (κ3) is 2.96. The number of rotatable bonds is 3. The van der Waals surface area contributed by atoms with Crippen molar-refractivity contribution in [1.82, 2.24) is 10.2 Å². The van der Waals surface area contributed by atoms with E-state index in [1.54, 1.807) is 4.90 Å². The lowest BCUT2D eigenvalue weighted by Gasteiger charge is -2.47. The number of amides is 2. The summed E-state index contributed by atoms with van der Waals surface area (Å²) in [6.45, 7) is 4.75. The Kier molecular flexibility index (Phi) is 4.39. The van der Waals surface area contributed by atoms with Crippen LogP contribution in [-0.2, 0) is 9.59 Å². The van der Waals surface area contributed by atoms with E-state index < -0.39 is 5.41 Å². The van der Waals surface area contributed by atoms with E-state index in [2.05, 4.69) is 17.4 Å². The smallest absolute Gasteiger partial charge is 0.236 e. The first kappa shape index (κ1) is 15.6. The molecule has 21 heavy (non-hydrogen) atoms. The van der Waals surface area contributed by atoms with Crippen molar-refractivity contribution in [2.24, 2.45) is 22.2 Å². The van der Waals surface area contributed by atoms with Gasteiger partial charge in [-0.3, -0.25) is 9.59 Å². The Bertz CT molecular complexity index is 449. The van der Waals surface area contributed by atoms with Crippen molar-refractivity contribution in [2.45, 2.75) is 45.6 Å². The Morgan fingerprint density at radius 3 is 2.33 bits per heavy atom. The number of amidine groups is 1. The summed E-state index contributed by atoms with van der Waals surface area (Å²) < 4.78 is 0. The number of piperidine rings is 1. The van der Waals surface area contributed by atoms with Crippen molar-refractivity contribution in [1.29, 1.82) is 0 Å². The normalized spacial score (nSPS) is 30.7. The number of hydrogen-bond acceptors (Lipinski definition) is 4. The largest absolute Gasteiger partial charge is 0.409 e. The van der Waals surface area contributed by atoms with Gasteiger partial charge in [0.15, 0.2) is 5.84 Å². The molecule has 2 rings (SSSR count). The zero-order chi connectivity index (χ0) is 15.6. The summed E-state index contributed by atoms with van der Waals surface area (Å²) in [5.74, 6) is 0.346. The highest BCUT2D eigenvalue weighted by Gasteiger charge is 2.53. The first-order chi connectivity index (χ1) is 9.89. The van der Waals surface area contributed by atoms with Crippen LogP contribution in [0.3, 0.4) is 0 Å². The number of hydrogen-bond donors (Lipinski definition) is 3. The molecule has 1 aliphatic heterocycles. The van der Waals surface area contributed by atoms with Crippen LogP contribution in [-0.4, -0.2) is 46.9 Å². The molecular formula is C14H24N4O3. The number of nitrogens with zero attached hydrogens (tertiary/aromatic N) is 2. The summed E-state index contributed by atoms with van der Waals surface area (Å²) in [5.41, 5.74) is 4.95. The van der Waals surface area contributed by atoms with Crippen LogP contribution >= 0.6 is 0 Å². The molecule has 2 fully saturated rings. The second-order valence-electron chi connectivity index (χ2n) is 6.35. The Morgan fingerprint density at radius 1 is 1.33 bits per heavy atom. The van der Waals surface area contributed by atoms with Gasteiger partial charge in [0.1, 0.15) is 5.41 Å². The number of carbonyl (C=O) groups excluding carboxylic acids is 2. The molecule has 7 heteroatoms. The summed E-state index contributed by atoms with van der Waals surface area (Å²) in [7, 11) is 0. The highest BCUT2D eigenvalue weighted by molar-refractivity contribution is 6.07. The molecule has 4 N–H and O–H groups in total. The molecule has 1 saturated heterocycles. The van der Waals surface area contributed by atoms with Gasteiger partial charge in [0.2, 0.25) is 11.8 Å². The lowest BCUT2D eigenvalue weighted by atomic mass is 9.61. The van der Waals surface area contributed by atoms with Crippen molar-refractivity contribution in [3.63, 3.8) is 0 Å². The standard InChI is InChI=1S/C14H24N4O3/c1-9-7-14(8-9,12(15)17-21)13(20)18-5-3-11(4-6-18)16-10(2)19/h9,11,21H,3-8H2,1-2H3,(H2,15,17)(H,16,19). The van der Waals surface area contributed by atoms with Gasteiger partial charge in [-0.1, -0.05) is 12.1 Å². The molecule has 1 saturated carbocycles. The average molecular weight is 296 g/mol. The van der Waals surface area contributed by atoms with Crippen LogP contribution in [0.25, 0.3) is 0 Å². The van der Waals surface area contributed by atoms with Crippen molar-refractivity contribution in [2.75, 3.05) is 13.1 Å². The molecule has 0 spiro atoms. The molecule has 118 valence electrons. The molecule has 0 aromatic heterocycles. The fraction of sp³-hybridized carbons (Fsp3) is 0.786. The van der Waals surface area contributed by atoms with Crippen molar-refractivity contribution in [3.8, 4) is 0 Å². The van der Waals surface area contributed by atoms with E-state index in [9.17, 15) is 9.59 Å². The zero-order valence-electron chi connectivity index (χ0n) is 12.6. The number of oxime groups is 1. The second-order valence-corrected chi connectivity index (χ2v) is 6.35. The third-order valence-electron chi connectivity index (χ3n) is 4.59. The van der Waals surface area contributed by atoms with Crippen molar-refractivity contribution >= 4 is 17.6 Å². The monoisotopic (exact) mass is 296 g/mol. The van der Waals surface area contributed by atoms with Crippen LogP contribution < -0.4 is 11.1 Å². The Labute approximate surface area is 124 Å². The minimum absolute atomic E-state index is 0.0228. The van der Waals surface area contributed by atoms with E-state index >= 15 is 0 Å². The van der Waals surface area contributed by atoms with Crippen LogP contribution in [0.15, 0.2) is 5.16 Å². The van der Waals surface area contributed by atoms with E-state index in [4.69, 9.17) is 10.9 Å². The lowest BCUT2D eigenvalue weighted by molar-refractivity contribution is -0.145. The number of carbonyl (C=O) groups is 2. The summed E-state index contributed by atoms with van der Waals surface area (Å²) >= 11 is 0. The van der Waals surface area contributed by atoms with Gasteiger partial charge in [0, 0.05) is 26.1 Å². The summed E-state index contributed by atoms with van der Waals surface area (Å²) in [5, 5.41) is 14.9. The van der Waals surface area contributed by atoms with Crippen LogP contribution in [0, 0.1) is 11.3 Å². The van der Waals surface area contributed by atoms with Crippen LogP contribution in [0.4, 0.5) is 0 Å². The predicted octanol–water partition coefficient (Wildman–Crippen LogP) is 0.276. The first-order valence-corrected chi connectivity index (χ1v) is 7.43. The molecule has 0 atom stereocenters. The molecule has 2 amide bonds. The van der Waals surface area contributed by atoms with Gasteiger partial charge in [0.25, 0.3) is 0 Å². The van der Waals surface area contributed by atoms with E-state index in [0.717, 1.165) is 12.8 Å². The lowest BCUT2D eigenvalue weighted by Crippen LogP contribution is -2.59. The zero-order valence-corrected chi connectivity index (χ0v) is 12.6. The molecular weight excluding hydrogens is 272 g/mol. The minimum atomic E-state index is -0.824. The topological polar surface area (TPSA) is 108 Å². The molecule has 0 aromatic rings. The van der Waals surface area contributed by atoms with E-state index in [1.165, 1.54) is 6.92 Å². The van der Waals surface area contributed by atoms with Crippen LogP contribution in [0.1, 0.15) is 39.5 Å². The van der Waals surface area contributed by atoms with Gasteiger partial charge in [-0.05, 0) is 31.6 Å². The van der Waals surface area contributed by atoms with E-state index in [-0.39, 0.29) is 23.7 Å². The van der Waals surface area contributed by atoms with E-state index in [1.807, 2.05) is 0 Å². The van der Waals surface area contributed by atoms with Crippen molar-refractivity contribution in [3.05, 3.63) is 0 Å². The predicted molar refractivity (Wildman–Crippen MR) is 77.7 cm³/mol. The molecule has 7 nitrogen and oxygen atoms in total. The number of likely N-dealkylation sites (tertiary alicyclic amines) is 1. The second kappa shape index (κ2) is 5.91. The maximum absolute atomic E-state index is 12.7. The fourth-order valence-electron chi connectivity index (χ4n) is 3.54. The highest BCUT2D eigenvalue weighted by Crippen LogP contribution is 2.47. The summed E-state index contributed by atoms with van der Waals surface area (Å²) in [6, 6.07) is 0.131.